The highest BCUT2D eigenvalue weighted by Crippen LogP contribution is 2.45. The van der Waals surface area contributed by atoms with E-state index in [4.69, 9.17) is 0 Å². The van der Waals surface area contributed by atoms with Crippen LogP contribution in [0.15, 0.2) is 28.0 Å². The zero-order valence-electron chi connectivity index (χ0n) is 12.5. The smallest absolute Gasteiger partial charge is 0.271 e. The summed E-state index contributed by atoms with van der Waals surface area (Å²) in [6.07, 6.45) is 0. The number of phenols is 2. The summed E-state index contributed by atoms with van der Waals surface area (Å²) in [6.45, 7) is 5.84. The van der Waals surface area contributed by atoms with Gasteiger partial charge in [0.2, 0.25) is 0 Å². The molecule has 2 heterocycles. The van der Waals surface area contributed by atoms with Gasteiger partial charge in [-0.3, -0.25) is 14.6 Å². The molecule has 0 radical (unpaired) electrons. The van der Waals surface area contributed by atoms with E-state index in [1.54, 1.807) is 10.7 Å². The highest BCUT2D eigenvalue weighted by atomic mass is 32.2. The summed E-state index contributed by atoms with van der Waals surface area (Å²) in [5.74, 6) is 0.261. The zero-order valence-corrected chi connectivity index (χ0v) is 13.3. The summed E-state index contributed by atoms with van der Waals surface area (Å²) in [5.41, 5.74) is 1.15. The van der Waals surface area contributed by atoms with Crippen LogP contribution in [-0.2, 0) is 0 Å². The standard InChI is InChI=1S/C15H17N3O3S/c1-7(2)18-14-12(15(21)17-18)13(22-8(3)16-14)9-4-5-10(19)11(20)6-9/h4-7,13,19-20H,1-3H3,(H,17,21). The fourth-order valence-electron chi connectivity index (χ4n) is 2.52. The number of rotatable bonds is 2. The largest absolute Gasteiger partial charge is 0.504 e. The Kier molecular flexibility index (Phi) is 3.52. The van der Waals surface area contributed by atoms with Gasteiger partial charge in [0.1, 0.15) is 0 Å². The number of nitrogens with zero attached hydrogens (tertiary/aromatic N) is 2. The van der Waals surface area contributed by atoms with E-state index in [-0.39, 0.29) is 28.4 Å². The van der Waals surface area contributed by atoms with Gasteiger partial charge >= 0.3 is 0 Å². The van der Waals surface area contributed by atoms with Crippen LogP contribution in [-0.4, -0.2) is 25.0 Å². The maximum atomic E-state index is 12.4. The number of nitrogens with one attached hydrogen (secondary N) is 1. The van der Waals surface area contributed by atoms with E-state index in [0.717, 1.165) is 10.6 Å². The second kappa shape index (κ2) is 5.24. The van der Waals surface area contributed by atoms with Crippen LogP contribution in [0.3, 0.4) is 0 Å². The molecule has 0 spiro atoms. The predicted molar refractivity (Wildman–Crippen MR) is 87.4 cm³/mol. The quantitative estimate of drug-likeness (QED) is 0.742. The molecular formula is C15H17N3O3S. The molecular weight excluding hydrogens is 302 g/mol. The van der Waals surface area contributed by atoms with Gasteiger partial charge in [0.15, 0.2) is 17.3 Å². The zero-order chi connectivity index (χ0) is 16.0. The Morgan fingerprint density at radius 1 is 1.32 bits per heavy atom. The molecule has 0 fully saturated rings. The fourth-order valence-corrected chi connectivity index (χ4v) is 3.61. The molecule has 1 atom stereocenters. The minimum absolute atomic E-state index is 0.0879. The maximum absolute atomic E-state index is 12.4. The number of aromatic nitrogens is 2. The molecule has 2 aromatic rings. The van der Waals surface area contributed by atoms with E-state index in [2.05, 4.69) is 10.1 Å². The van der Waals surface area contributed by atoms with Gasteiger partial charge in [0.05, 0.1) is 15.9 Å². The molecule has 0 saturated heterocycles. The fraction of sp³-hybridized carbons (Fsp3) is 0.333. The number of aromatic hydroxyl groups is 2. The number of benzene rings is 1. The van der Waals surface area contributed by atoms with Gasteiger partial charge in [-0.25, -0.2) is 4.99 Å². The number of H-pyrrole nitrogens is 1. The average Bonchev–Trinajstić information content (AvgIpc) is 2.78. The molecule has 3 N–H and O–H groups in total. The topological polar surface area (TPSA) is 90.6 Å². The summed E-state index contributed by atoms with van der Waals surface area (Å²) in [7, 11) is 0. The first-order valence-electron chi connectivity index (χ1n) is 6.96. The summed E-state index contributed by atoms with van der Waals surface area (Å²) in [6, 6.07) is 4.72. The SMILES string of the molecule is CC1=Nc2c(c(=O)[nH]n2C(C)C)C(c2ccc(O)c(O)c2)S1. The van der Waals surface area contributed by atoms with Crippen molar-refractivity contribution in [2.45, 2.75) is 32.1 Å². The minimum atomic E-state index is -0.261. The molecule has 3 rings (SSSR count). The molecule has 7 heteroatoms. The first-order chi connectivity index (χ1) is 10.4. The lowest BCUT2D eigenvalue weighted by atomic mass is 10.1. The van der Waals surface area contributed by atoms with Crippen LogP contribution in [0, 0.1) is 0 Å². The Hall–Kier alpha value is -2.15. The molecule has 1 aliphatic heterocycles. The third-order valence-corrected chi connectivity index (χ3v) is 4.74. The summed E-state index contributed by atoms with van der Waals surface area (Å²) in [4.78, 5) is 16.9. The summed E-state index contributed by atoms with van der Waals surface area (Å²) in [5, 5.41) is 22.6. The molecule has 0 aliphatic carbocycles. The van der Waals surface area contributed by atoms with Gasteiger partial charge in [0.25, 0.3) is 5.56 Å². The number of fused-ring (bicyclic) bond motifs is 1. The predicted octanol–water partition coefficient (Wildman–Crippen LogP) is 3.05. The molecule has 1 aromatic carbocycles. The van der Waals surface area contributed by atoms with Crippen LogP contribution in [0.4, 0.5) is 5.82 Å². The lowest BCUT2D eigenvalue weighted by Gasteiger charge is -2.21. The van der Waals surface area contributed by atoms with Crippen LogP contribution in [0.2, 0.25) is 0 Å². The molecule has 1 aromatic heterocycles. The lowest BCUT2D eigenvalue weighted by Crippen LogP contribution is -2.13. The van der Waals surface area contributed by atoms with E-state index in [9.17, 15) is 15.0 Å². The van der Waals surface area contributed by atoms with Crippen molar-refractivity contribution in [2.75, 3.05) is 0 Å². The molecule has 0 saturated carbocycles. The monoisotopic (exact) mass is 319 g/mol. The summed E-state index contributed by atoms with van der Waals surface area (Å²) >= 11 is 1.46. The molecule has 6 nitrogen and oxygen atoms in total. The van der Waals surface area contributed by atoms with Crippen LogP contribution >= 0.6 is 11.8 Å². The van der Waals surface area contributed by atoms with Crippen molar-refractivity contribution in [3.05, 3.63) is 39.7 Å². The number of hydrogen-bond acceptors (Lipinski definition) is 5. The lowest BCUT2D eigenvalue weighted by molar-refractivity contribution is 0.403. The third kappa shape index (κ3) is 2.31. The van der Waals surface area contributed by atoms with Gasteiger partial charge < -0.3 is 10.2 Å². The van der Waals surface area contributed by atoms with E-state index in [0.29, 0.717) is 11.4 Å². The van der Waals surface area contributed by atoms with Gasteiger partial charge in [-0.15, -0.1) is 0 Å². The van der Waals surface area contributed by atoms with Crippen molar-refractivity contribution in [3.8, 4) is 11.5 Å². The molecule has 116 valence electrons. The van der Waals surface area contributed by atoms with Crippen molar-refractivity contribution in [3.63, 3.8) is 0 Å². The average molecular weight is 319 g/mol. The molecule has 0 bridgehead atoms. The van der Waals surface area contributed by atoms with Gasteiger partial charge in [0, 0.05) is 6.04 Å². The normalized spacial score (nSPS) is 17.5. The van der Waals surface area contributed by atoms with Crippen molar-refractivity contribution in [1.29, 1.82) is 0 Å². The van der Waals surface area contributed by atoms with E-state index in [1.165, 1.54) is 23.9 Å². The van der Waals surface area contributed by atoms with Crippen LogP contribution in [0.25, 0.3) is 0 Å². The van der Waals surface area contributed by atoms with Gasteiger partial charge in [-0.05, 0) is 38.5 Å². The highest BCUT2D eigenvalue weighted by Gasteiger charge is 2.30. The Labute approximate surface area is 131 Å². The third-order valence-electron chi connectivity index (χ3n) is 3.57. The number of phenolic OH excluding ortho intramolecular Hbond substituents is 2. The van der Waals surface area contributed by atoms with Crippen molar-refractivity contribution < 1.29 is 10.2 Å². The first-order valence-corrected chi connectivity index (χ1v) is 7.84. The highest BCUT2D eigenvalue weighted by molar-refractivity contribution is 8.14. The first kappa shape index (κ1) is 14.8. The second-order valence-electron chi connectivity index (χ2n) is 5.52. The van der Waals surface area contributed by atoms with Crippen molar-refractivity contribution >= 4 is 22.6 Å². The number of thioether (sulfide) groups is 1. The summed E-state index contributed by atoms with van der Waals surface area (Å²) < 4.78 is 1.76. The molecule has 1 unspecified atom stereocenters. The van der Waals surface area contributed by atoms with E-state index >= 15 is 0 Å². The van der Waals surface area contributed by atoms with E-state index < -0.39 is 0 Å². The van der Waals surface area contributed by atoms with E-state index in [1.807, 2.05) is 20.8 Å². The van der Waals surface area contributed by atoms with Gasteiger partial charge in [-0.1, -0.05) is 17.8 Å². The Morgan fingerprint density at radius 2 is 2.05 bits per heavy atom. The minimum Gasteiger partial charge on any atom is -0.504 e. The van der Waals surface area contributed by atoms with Crippen LogP contribution in [0.1, 0.15) is 43.2 Å². The molecule has 1 aliphatic rings. The Bertz CT molecular complexity index is 820. The molecule has 0 amide bonds. The maximum Gasteiger partial charge on any atom is 0.271 e. The Balaban J connectivity index is 2.19. The Morgan fingerprint density at radius 3 is 2.68 bits per heavy atom. The van der Waals surface area contributed by atoms with Crippen LogP contribution < -0.4 is 5.56 Å². The number of hydrogen-bond donors (Lipinski definition) is 3. The number of aromatic amines is 1. The van der Waals surface area contributed by atoms with Crippen molar-refractivity contribution in [2.24, 2.45) is 4.99 Å². The number of aliphatic imine (C=N–C) groups is 1. The molecule has 22 heavy (non-hydrogen) atoms. The van der Waals surface area contributed by atoms with Crippen molar-refractivity contribution in [1.82, 2.24) is 9.78 Å². The van der Waals surface area contributed by atoms with Crippen LogP contribution in [0.5, 0.6) is 11.5 Å². The second-order valence-corrected chi connectivity index (χ2v) is 6.82. The van der Waals surface area contributed by atoms with Gasteiger partial charge in [-0.2, -0.15) is 0 Å².